The van der Waals surface area contributed by atoms with Gasteiger partial charge in [-0.2, -0.15) is 0 Å². The molecule has 2 aromatic rings. The van der Waals surface area contributed by atoms with Gasteiger partial charge >= 0.3 is 0 Å². The highest BCUT2D eigenvalue weighted by Crippen LogP contribution is 2.16. The Bertz CT molecular complexity index is 656. The molecule has 1 amide bonds. The van der Waals surface area contributed by atoms with Gasteiger partial charge in [0, 0.05) is 0 Å². The number of rotatable bonds is 5. The number of benzene rings is 2. The smallest absolute Gasteiger partial charge is 0.224 e. The maximum Gasteiger partial charge on any atom is 0.224 e. The summed E-state index contributed by atoms with van der Waals surface area (Å²) in [6, 6.07) is 10.4. The maximum atomic E-state index is 13.2. The molecule has 0 spiro atoms. The number of carbonyl (C=O) groups is 1. The van der Waals surface area contributed by atoms with E-state index in [0.717, 1.165) is 23.4 Å². The van der Waals surface area contributed by atoms with Crippen LogP contribution in [0, 0.1) is 11.6 Å². The van der Waals surface area contributed by atoms with Crippen LogP contribution in [-0.4, -0.2) is 13.0 Å². The summed E-state index contributed by atoms with van der Waals surface area (Å²) < 4.78 is 31.1. The quantitative estimate of drug-likeness (QED) is 0.919. The van der Waals surface area contributed by atoms with Crippen molar-refractivity contribution in [2.24, 2.45) is 0 Å². The highest BCUT2D eigenvalue weighted by molar-refractivity contribution is 5.79. The van der Waals surface area contributed by atoms with Crippen LogP contribution < -0.4 is 10.1 Å². The molecule has 2 rings (SSSR count). The standard InChI is InChI=1S/C17H17F2NO2/c1-11(13-5-8-15(18)16(19)10-13)20-17(21)9-12-3-6-14(22-2)7-4-12/h3-8,10-11H,9H2,1-2H3,(H,20,21). The molecule has 1 unspecified atom stereocenters. The number of hydrogen-bond donors (Lipinski definition) is 1. The molecule has 0 heterocycles. The van der Waals surface area contributed by atoms with Crippen molar-refractivity contribution in [1.29, 1.82) is 0 Å². The Balaban J connectivity index is 1.96. The van der Waals surface area contributed by atoms with Crippen LogP contribution in [0.15, 0.2) is 42.5 Å². The van der Waals surface area contributed by atoms with Gasteiger partial charge in [-0.15, -0.1) is 0 Å². The Morgan fingerprint density at radius 2 is 1.82 bits per heavy atom. The van der Waals surface area contributed by atoms with E-state index >= 15 is 0 Å². The lowest BCUT2D eigenvalue weighted by Gasteiger charge is -2.14. The predicted octanol–water partition coefficient (Wildman–Crippen LogP) is 3.39. The largest absolute Gasteiger partial charge is 0.497 e. The maximum absolute atomic E-state index is 13.2. The second-order valence-electron chi connectivity index (χ2n) is 4.99. The highest BCUT2D eigenvalue weighted by Gasteiger charge is 2.12. The van der Waals surface area contributed by atoms with E-state index in [1.165, 1.54) is 6.07 Å². The van der Waals surface area contributed by atoms with E-state index in [0.29, 0.717) is 5.56 Å². The Hall–Kier alpha value is -2.43. The SMILES string of the molecule is COc1ccc(CC(=O)NC(C)c2ccc(F)c(F)c2)cc1. The fraction of sp³-hybridized carbons (Fsp3) is 0.235. The van der Waals surface area contributed by atoms with Crippen LogP contribution in [0.25, 0.3) is 0 Å². The van der Waals surface area contributed by atoms with Crippen molar-refractivity contribution in [3.63, 3.8) is 0 Å². The second kappa shape index (κ2) is 7.02. The van der Waals surface area contributed by atoms with Gasteiger partial charge in [-0.25, -0.2) is 8.78 Å². The molecule has 0 radical (unpaired) electrons. The number of carbonyl (C=O) groups excluding carboxylic acids is 1. The topological polar surface area (TPSA) is 38.3 Å². The van der Waals surface area contributed by atoms with E-state index in [1.807, 2.05) is 0 Å². The molecule has 1 N–H and O–H groups in total. The molecule has 116 valence electrons. The first-order valence-electron chi connectivity index (χ1n) is 6.87. The zero-order valence-corrected chi connectivity index (χ0v) is 12.4. The lowest BCUT2D eigenvalue weighted by molar-refractivity contribution is -0.121. The Morgan fingerprint density at radius 1 is 1.14 bits per heavy atom. The van der Waals surface area contributed by atoms with E-state index in [4.69, 9.17) is 4.74 Å². The predicted molar refractivity (Wildman–Crippen MR) is 79.6 cm³/mol. The molecular formula is C17H17F2NO2. The average Bonchev–Trinajstić information content (AvgIpc) is 2.50. The molecule has 0 bridgehead atoms. The van der Waals surface area contributed by atoms with Gasteiger partial charge in [-0.1, -0.05) is 18.2 Å². The Labute approximate surface area is 127 Å². The molecule has 2 aromatic carbocycles. The third kappa shape index (κ3) is 4.04. The molecule has 1 atom stereocenters. The summed E-state index contributed by atoms with van der Waals surface area (Å²) in [6.07, 6.45) is 0.206. The number of ether oxygens (including phenoxy) is 1. The van der Waals surface area contributed by atoms with Crippen molar-refractivity contribution in [3.05, 3.63) is 65.2 Å². The molecule has 0 aliphatic carbocycles. The van der Waals surface area contributed by atoms with Crippen LogP contribution in [0.5, 0.6) is 5.75 Å². The van der Waals surface area contributed by atoms with E-state index in [2.05, 4.69) is 5.32 Å². The van der Waals surface area contributed by atoms with Crippen LogP contribution in [0.3, 0.4) is 0 Å². The molecule has 0 fully saturated rings. The van der Waals surface area contributed by atoms with Crippen molar-refractivity contribution in [1.82, 2.24) is 5.32 Å². The molecule has 3 nitrogen and oxygen atoms in total. The van der Waals surface area contributed by atoms with E-state index < -0.39 is 17.7 Å². The lowest BCUT2D eigenvalue weighted by atomic mass is 10.1. The van der Waals surface area contributed by atoms with Crippen molar-refractivity contribution in [2.45, 2.75) is 19.4 Å². The van der Waals surface area contributed by atoms with Crippen LogP contribution in [0.4, 0.5) is 8.78 Å². The zero-order valence-electron chi connectivity index (χ0n) is 12.4. The van der Waals surface area contributed by atoms with Crippen molar-refractivity contribution in [2.75, 3.05) is 7.11 Å². The zero-order chi connectivity index (χ0) is 16.1. The molecule has 0 saturated heterocycles. The van der Waals surface area contributed by atoms with Gasteiger partial charge in [0.2, 0.25) is 5.91 Å². The summed E-state index contributed by atoms with van der Waals surface area (Å²) in [5.41, 5.74) is 1.36. The third-order valence-electron chi connectivity index (χ3n) is 3.34. The first-order valence-corrected chi connectivity index (χ1v) is 6.87. The normalized spacial score (nSPS) is 11.8. The van der Waals surface area contributed by atoms with Crippen molar-refractivity contribution in [3.8, 4) is 5.75 Å². The monoisotopic (exact) mass is 305 g/mol. The summed E-state index contributed by atoms with van der Waals surface area (Å²) in [6.45, 7) is 1.72. The average molecular weight is 305 g/mol. The van der Waals surface area contributed by atoms with Crippen LogP contribution >= 0.6 is 0 Å². The van der Waals surface area contributed by atoms with Gasteiger partial charge < -0.3 is 10.1 Å². The molecule has 0 aromatic heterocycles. The van der Waals surface area contributed by atoms with Gasteiger partial charge in [0.05, 0.1) is 19.6 Å². The Morgan fingerprint density at radius 3 is 2.41 bits per heavy atom. The first-order chi connectivity index (χ1) is 10.5. The lowest BCUT2D eigenvalue weighted by Crippen LogP contribution is -2.28. The fourth-order valence-corrected chi connectivity index (χ4v) is 2.09. The first kappa shape index (κ1) is 15.9. The van der Waals surface area contributed by atoms with Gasteiger partial charge in [0.25, 0.3) is 0 Å². The summed E-state index contributed by atoms with van der Waals surface area (Å²) in [7, 11) is 1.57. The minimum absolute atomic E-state index is 0.192. The summed E-state index contributed by atoms with van der Waals surface area (Å²) in [4.78, 5) is 12.0. The second-order valence-corrected chi connectivity index (χ2v) is 4.99. The van der Waals surface area contributed by atoms with Crippen LogP contribution in [-0.2, 0) is 11.2 Å². The van der Waals surface area contributed by atoms with E-state index in [1.54, 1.807) is 38.3 Å². The summed E-state index contributed by atoms with van der Waals surface area (Å²) in [5.74, 6) is -1.30. The number of nitrogens with one attached hydrogen (secondary N) is 1. The number of hydrogen-bond acceptors (Lipinski definition) is 2. The van der Waals surface area contributed by atoms with Gasteiger partial charge in [0.1, 0.15) is 5.75 Å². The highest BCUT2D eigenvalue weighted by atomic mass is 19.2. The molecule has 5 heteroatoms. The van der Waals surface area contributed by atoms with E-state index in [9.17, 15) is 13.6 Å². The molecule has 0 aliphatic rings. The van der Waals surface area contributed by atoms with Gasteiger partial charge in [-0.05, 0) is 42.3 Å². The molecular weight excluding hydrogens is 288 g/mol. The van der Waals surface area contributed by atoms with E-state index in [-0.39, 0.29) is 12.3 Å². The van der Waals surface area contributed by atoms with Crippen molar-refractivity contribution < 1.29 is 18.3 Å². The minimum Gasteiger partial charge on any atom is -0.497 e. The Kier molecular flexibility index (Phi) is 5.09. The molecule has 0 aliphatic heterocycles. The minimum atomic E-state index is -0.922. The molecule has 22 heavy (non-hydrogen) atoms. The van der Waals surface area contributed by atoms with Gasteiger partial charge in [-0.3, -0.25) is 4.79 Å². The van der Waals surface area contributed by atoms with Crippen LogP contribution in [0.1, 0.15) is 24.1 Å². The summed E-state index contributed by atoms with van der Waals surface area (Å²) in [5, 5.41) is 2.76. The number of methoxy groups -OCH3 is 1. The van der Waals surface area contributed by atoms with Crippen molar-refractivity contribution >= 4 is 5.91 Å². The number of halogens is 2. The third-order valence-corrected chi connectivity index (χ3v) is 3.34. The fourth-order valence-electron chi connectivity index (χ4n) is 2.09. The molecule has 0 saturated carbocycles. The van der Waals surface area contributed by atoms with Crippen LogP contribution in [0.2, 0.25) is 0 Å². The summed E-state index contributed by atoms with van der Waals surface area (Å²) >= 11 is 0. The van der Waals surface area contributed by atoms with Gasteiger partial charge in [0.15, 0.2) is 11.6 Å². The number of amides is 1.